The summed E-state index contributed by atoms with van der Waals surface area (Å²) in [5, 5.41) is 3.33. The van der Waals surface area contributed by atoms with Crippen molar-refractivity contribution < 1.29 is 8.42 Å². The first-order chi connectivity index (χ1) is 9.30. The van der Waals surface area contributed by atoms with Gasteiger partial charge in [0.1, 0.15) is 0 Å². The van der Waals surface area contributed by atoms with Crippen LogP contribution in [0.5, 0.6) is 0 Å². The SMILES string of the molecule is CNS(=O)(=O)c1ccc(NCC(C)(C)CCCN)cc1. The molecule has 0 radical (unpaired) electrons. The van der Waals surface area contributed by atoms with Gasteiger partial charge in [0.25, 0.3) is 0 Å². The molecule has 0 saturated carbocycles. The molecule has 0 bridgehead atoms. The van der Waals surface area contributed by atoms with Crippen LogP contribution in [0, 0.1) is 5.41 Å². The van der Waals surface area contributed by atoms with Crippen LogP contribution in [0.1, 0.15) is 26.7 Å². The standard InChI is InChI=1S/C14H25N3O2S/c1-14(2,9-4-10-15)11-17-12-5-7-13(8-6-12)20(18,19)16-3/h5-8,16-17H,4,9-11,15H2,1-3H3. The summed E-state index contributed by atoms with van der Waals surface area (Å²) < 4.78 is 25.5. The number of nitrogens with one attached hydrogen (secondary N) is 2. The first-order valence-corrected chi connectivity index (χ1v) is 8.27. The second kappa shape index (κ2) is 7.06. The highest BCUT2D eigenvalue weighted by atomic mass is 32.2. The zero-order valence-electron chi connectivity index (χ0n) is 12.4. The molecule has 1 rings (SSSR count). The van der Waals surface area contributed by atoms with Gasteiger partial charge in [-0.05, 0) is 56.1 Å². The van der Waals surface area contributed by atoms with Gasteiger partial charge in [0.05, 0.1) is 4.90 Å². The Morgan fingerprint density at radius 2 is 1.80 bits per heavy atom. The Labute approximate surface area is 122 Å². The Hall–Kier alpha value is -1.11. The molecule has 0 heterocycles. The molecule has 0 unspecified atom stereocenters. The first kappa shape index (κ1) is 16.9. The van der Waals surface area contributed by atoms with E-state index in [0.29, 0.717) is 6.54 Å². The summed E-state index contributed by atoms with van der Waals surface area (Å²) in [5.41, 5.74) is 6.61. The molecular weight excluding hydrogens is 274 g/mol. The van der Waals surface area contributed by atoms with Gasteiger partial charge < -0.3 is 11.1 Å². The van der Waals surface area contributed by atoms with Crippen LogP contribution in [0.15, 0.2) is 29.2 Å². The number of hydrogen-bond donors (Lipinski definition) is 3. The fourth-order valence-electron chi connectivity index (χ4n) is 1.88. The molecule has 0 spiro atoms. The van der Waals surface area contributed by atoms with Crippen molar-refractivity contribution in [3.05, 3.63) is 24.3 Å². The fraction of sp³-hybridized carbons (Fsp3) is 0.571. The van der Waals surface area contributed by atoms with Crippen molar-refractivity contribution in [2.75, 3.05) is 25.5 Å². The van der Waals surface area contributed by atoms with Crippen LogP contribution in [0.3, 0.4) is 0 Å². The summed E-state index contributed by atoms with van der Waals surface area (Å²) in [6.07, 6.45) is 2.07. The van der Waals surface area contributed by atoms with E-state index in [1.165, 1.54) is 7.05 Å². The summed E-state index contributed by atoms with van der Waals surface area (Å²) in [6.45, 7) is 5.91. The molecule has 1 aromatic carbocycles. The van der Waals surface area contributed by atoms with Crippen LogP contribution in [0.4, 0.5) is 5.69 Å². The van der Waals surface area contributed by atoms with Crippen molar-refractivity contribution in [2.45, 2.75) is 31.6 Å². The summed E-state index contributed by atoms with van der Waals surface area (Å²) >= 11 is 0. The minimum atomic E-state index is -3.36. The predicted octanol–water partition coefficient (Wildman–Crippen LogP) is 1.77. The van der Waals surface area contributed by atoms with E-state index in [0.717, 1.165) is 25.1 Å². The number of hydrogen-bond acceptors (Lipinski definition) is 4. The van der Waals surface area contributed by atoms with Gasteiger partial charge in [-0.3, -0.25) is 0 Å². The molecule has 114 valence electrons. The molecule has 4 N–H and O–H groups in total. The van der Waals surface area contributed by atoms with E-state index in [1.54, 1.807) is 24.3 Å². The van der Waals surface area contributed by atoms with E-state index in [4.69, 9.17) is 5.73 Å². The Morgan fingerprint density at radius 1 is 1.20 bits per heavy atom. The number of rotatable bonds is 8. The molecule has 0 aliphatic rings. The smallest absolute Gasteiger partial charge is 0.240 e. The highest BCUT2D eigenvalue weighted by Crippen LogP contribution is 2.23. The monoisotopic (exact) mass is 299 g/mol. The summed E-state index contributed by atoms with van der Waals surface area (Å²) in [4.78, 5) is 0.271. The second-order valence-electron chi connectivity index (χ2n) is 5.64. The van der Waals surface area contributed by atoms with Gasteiger partial charge in [-0.2, -0.15) is 0 Å². The number of nitrogens with two attached hydrogens (primary N) is 1. The van der Waals surface area contributed by atoms with Gasteiger partial charge >= 0.3 is 0 Å². The maximum Gasteiger partial charge on any atom is 0.240 e. The van der Waals surface area contributed by atoms with Crippen molar-refractivity contribution >= 4 is 15.7 Å². The van der Waals surface area contributed by atoms with Gasteiger partial charge in [-0.15, -0.1) is 0 Å². The van der Waals surface area contributed by atoms with Crippen molar-refractivity contribution in [1.82, 2.24) is 4.72 Å². The van der Waals surface area contributed by atoms with E-state index in [1.807, 2.05) is 0 Å². The van der Waals surface area contributed by atoms with Gasteiger partial charge in [-0.25, -0.2) is 13.1 Å². The number of anilines is 1. The molecule has 0 atom stereocenters. The molecule has 20 heavy (non-hydrogen) atoms. The largest absolute Gasteiger partial charge is 0.385 e. The van der Waals surface area contributed by atoms with Crippen LogP contribution in [0.25, 0.3) is 0 Å². The van der Waals surface area contributed by atoms with E-state index in [2.05, 4.69) is 23.9 Å². The Morgan fingerprint density at radius 3 is 2.30 bits per heavy atom. The summed E-state index contributed by atoms with van der Waals surface area (Å²) in [7, 11) is -1.96. The second-order valence-corrected chi connectivity index (χ2v) is 7.53. The highest BCUT2D eigenvalue weighted by molar-refractivity contribution is 7.89. The fourth-order valence-corrected chi connectivity index (χ4v) is 2.61. The lowest BCUT2D eigenvalue weighted by Gasteiger charge is -2.25. The zero-order valence-corrected chi connectivity index (χ0v) is 13.3. The van der Waals surface area contributed by atoms with Crippen LogP contribution < -0.4 is 15.8 Å². The molecule has 0 aromatic heterocycles. The third-order valence-electron chi connectivity index (χ3n) is 3.26. The summed E-state index contributed by atoms with van der Waals surface area (Å²) in [5.74, 6) is 0. The molecule has 0 saturated heterocycles. The quantitative estimate of drug-likeness (QED) is 0.683. The Balaban J connectivity index is 2.63. The topological polar surface area (TPSA) is 84.2 Å². The van der Waals surface area contributed by atoms with Crippen LogP contribution in [-0.2, 0) is 10.0 Å². The van der Waals surface area contributed by atoms with Crippen LogP contribution >= 0.6 is 0 Å². The number of sulfonamides is 1. The average Bonchev–Trinajstić information content (AvgIpc) is 2.43. The van der Waals surface area contributed by atoms with Crippen molar-refractivity contribution in [3.63, 3.8) is 0 Å². The highest BCUT2D eigenvalue weighted by Gasteiger charge is 2.17. The van der Waals surface area contributed by atoms with Crippen molar-refractivity contribution in [2.24, 2.45) is 11.1 Å². The van der Waals surface area contributed by atoms with Gasteiger partial charge in [0.2, 0.25) is 10.0 Å². The molecule has 0 amide bonds. The summed E-state index contributed by atoms with van der Waals surface area (Å²) in [6, 6.07) is 6.76. The van der Waals surface area contributed by atoms with E-state index < -0.39 is 10.0 Å². The minimum Gasteiger partial charge on any atom is -0.385 e. The normalized spacial score (nSPS) is 12.4. The lowest BCUT2D eigenvalue weighted by Crippen LogP contribution is -2.24. The third kappa shape index (κ3) is 5.11. The van der Waals surface area contributed by atoms with Crippen molar-refractivity contribution in [1.29, 1.82) is 0 Å². The maximum atomic E-state index is 11.6. The van der Waals surface area contributed by atoms with E-state index in [9.17, 15) is 8.42 Å². The molecule has 0 aliphatic heterocycles. The lowest BCUT2D eigenvalue weighted by atomic mass is 9.87. The predicted molar refractivity (Wildman–Crippen MR) is 83.2 cm³/mol. The van der Waals surface area contributed by atoms with E-state index >= 15 is 0 Å². The van der Waals surface area contributed by atoms with Crippen LogP contribution in [0.2, 0.25) is 0 Å². The van der Waals surface area contributed by atoms with Gasteiger partial charge in [0.15, 0.2) is 0 Å². The molecular formula is C14H25N3O2S. The molecule has 5 nitrogen and oxygen atoms in total. The maximum absolute atomic E-state index is 11.6. The minimum absolute atomic E-state index is 0.162. The Kier molecular flexibility index (Phi) is 5.98. The number of benzene rings is 1. The van der Waals surface area contributed by atoms with Gasteiger partial charge in [0, 0.05) is 12.2 Å². The van der Waals surface area contributed by atoms with Crippen LogP contribution in [-0.4, -0.2) is 28.6 Å². The average molecular weight is 299 g/mol. The molecule has 1 aromatic rings. The molecule has 0 aliphatic carbocycles. The van der Waals surface area contributed by atoms with Crippen molar-refractivity contribution in [3.8, 4) is 0 Å². The lowest BCUT2D eigenvalue weighted by molar-refractivity contribution is 0.350. The zero-order chi connectivity index (χ0) is 15.2. The third-order valence-corrected chi connectivity index (χ3v) is 4.69. The first-order valence-electron chi connectivity index (χ1n) is 6.78. The Bertz CT molecular complexity index is 510. The van der Waals surface area contributed by atoms with E-state index in [-0.39, 0.29) is 10.3 Å². The molecule has 6 heteroatoms. The van der Waals surface area contributed by atoms with Gasteiger partial charge in [-0.1, -0.05) is 13.8 Å². The molecule has 0 fully saturated rings.